The van der Waals surface area contributed by atoms with E-state index in [0.717, 1.165) is 38.2 Å². The number of hydrogen-bond donors (Lipinski definition) is 1. The number of hydrogen-bond acceptors (Lipinski definition) is 5. The summed E-state index contributed by atoms with van der Waals surface area (Å²) in [7, 11) is 1.29. The number of aromatic nitrogens is 3. The van der Waals surface area contributed by atoms with E-state index in [1.165, 1.54) is 23.9 Å². The van der Waals surface area contributed by atoms with Crippen molar-refractivity contribution in [1.82, 2.24) is 14.5 Å². The Bertz CT molecular complexity index is 874. The Hall–Kier alpha value is -2.91. The highest BCUT2D eigenvalue weighted by atomic mass is 19.4. The Balaban J connectivity index is 1.74. The number of nitrogens with zero attached hydrogens (tertiary/aromatic N) is 3. The van der Waals surface area contributed by atoms with E-state index in [9.17, 15) is 22.8 Å². The van der Waals surface area contributed by atoms with Gasteiger partial charge in [-0.25, -0.2) is 9.97 Å². The van der Waals surface area contributed by atoms with Crippen molar-refractivity contribution in [1.29, 1.82) is 0 Å². The molecule has 0 aliphatic heterocycles. The Kier molecular flexibility index (Phi) is 6.73. The van der Waals surface area contributed by atoms with E-state index < -0.39 is 29.8 Å². The number of methoxy groups -OCH3 is 1. The maximum Gasteiger partial charge on any atom is 0.434 e. The van der Waals surface area contributed by atoms with Gasteiger partial charge in [-0.15, -0.1) is 0 Å². The molecule has 1 fully saturated rings. The average Bonchev–Trinajstić information content (AvgIpc) is 3.39. The van der Waals surface area contributed by atoms with E-state index in [4.69, 9.17) is 0 Å². The normalized spacial score (nSPS) is 15.7. The second-order valence-electron chi connectivity index (χ2n) is 7.40. The molecule has 1 N–H and O–H groups in total. The highest BCUT2D eigenvalue weighted by Gasteiger charge is 2.35. The summed E-state index contributed by atoms with van der Waals surface area (Å²) in [5.41, 5.74) is -0.413. The molecule has 1 atom stereocenters. The first-order valence-electron chi connectivity index (χ1n) is 9.69. The number of halogens is 3. The van der Waals surface area contributed by atoms with Gasteiger partial charge in [0, 0.05) is 12.4 Å². The van der Waals surface area contributed by atoms with Crippen molar-refractivity contribution in [2.24, 2.45) is 5.92 Å². The quantitative estimate of drug-likeness (QED) is 0.684. The minimum atomic E-state index is -4.57. The summed E-state index contributed by atoms with van der Waals surface area (Å²) in [4.78, 5) is 31.8. The number of amides is 1. The molecule has 0 spiro atoms. The van der Waals surface area contributed by atoms with Gasteiger partial charge in [-0.3, -0.25) is 9.59 Å². The number of imidazole rings is 1. The lowest BCUT2D eigenvalue weighted by Gasteiger charge is -2.21. The lowest BCUT2D eigenvalue weighted by molar-refractivity contribution is -0.141. The van der Waals surface area contributed by atoms with E-state index >= 15 is 0 Å². The smallest absolute Gasteiger partial charge is 0.434 e. The van der Waals surface area contributed by atoms with E-state index in [1.807, 2.05) is 0 Å². The number of ether oxygens (including phenoxy) is 1. The Morgan fingerprint density at radius 2 is 2.00 bits per heavy atom. The molecule has 2 heterocycles. The van der Waals surface area contributed by atoms with Crippen LogP contribution >= 0.6 is 0 Å². The van der Waals surface area contributed by atoms with Gasteiger partial charge >= 0.3 is 12.1 Å². The highest BCUT2D eigenvalue weighted by molar-refractivity contribution is 5.93. The number of anilines is 1. The number of esters is 1. The molecule has 2 aromatic heterocycles. The summed E-state index contributed by atoms with van der Waals surface area (Å²) in [6.07, 6.45) is 3.28. The summed E-state index contributed by atoms with van der Waals surface area (Å²) in [5.74, 6) is -0.346. The van der Waals surface area contributed by atoms with Gasteiger partial charge in [0.1, 0.15) is 11.9 Å². The first-order chi connectivity index (χ1) is 14.3. The van der Waals surface area contributed by atoms with E-state index in [-0.39, 0.29) is 18.2 Å². The molecule has 1 unspecified atom stereocenters. The Morgan fingerprint density at radius 1 is 1.27 bits per heavy atom. The van der Waals surface area contributed by atoms with Crippen molar-refractivity contribution < 1.29 is 27.5 Å². The molecule has 1 aliphatic carbocycles. The molecule has 0 aromatic carbocycles. The van der Waals surface area contributed by atoms with Crippen LogP contribution in [0.5, 0.6) is 0 Å². The second-order valence-corrected chi connectivity index (χ2v) is 7.40. The van der Waals surface area contributed by atoms with Gasteiger partial charge < -0.3 is 14.6 Å². The summed E-state index contributed by atoms with van der Waals surface area (Å²) in [5, 5.41) is 2.66. The average molecular weight is 424 g/mol. The summed E-state index contributed by atoms with van der Waals surface area (Å²) >= 11 is 0. The standard InChI is InChI=1S/C20H23F3N4O3/c1-30-18(28)9-14-6-7-17(24-10-14)26-19(29)15(8-13-4-2-3-5-13)27-11-16(25-12-27)20(21,22)23/h6-7,10-13,15H,2-5,8-9H2,1H3,(H,24,26,29). The largest absolute Gasteiger partial charge is 0.469 e. The number of carbonyl (C=O) groups excluding carboxylic acids is 2. The monoisotopic (exact) mass is 424 g/mol. The van der Waals surface area contributed by atoms with Crippen LogP contribution in [0.4, 0.5) is 19.0 Å². The molecule has 1 aliphatic rings. The third kappa shape index (κ3) is 5.58. The Labute approximate surface area is 171 Å². The molecule has 30 heavy (non-hydrogen) atoms. The van der Waals surface area contributed by atoms with Crippen LogP contribution in [0, 0.1) is 5.92 Å². The molecule has 0 bridgehead atoms. The van der Waals surface area contributed by atoms with Gasteiger partial charge in [0.15, 0.2) is 5.69 Å². The van der Waals surface area contributed by atoms with Crippen molar-refractivity contribution in [2.75, 3.05) is 12.4 Å². The van der Waals surface area contributed by atoms with Crippen molar-refractivity contribution in [2.45, 2.75) is 50.7 Å². The van der Waals surface area contributed by atoms with Crippen molar-refractivity contribution >= 4 is 17.7 Å². The fourth-order valence-corrected chi connectivity index (χ4v) is 3.63. The van der Waals surface area contributed by atoms with Crippen LogP contribution in [0.15, 0.2) is 30.9 Å². The molecular weight excluding hydrogens is 401 g/mol. The summed E-state index contributed by atoms with van der Waals surface area (Å²) in [6, 6.07) is 2.34. The first kappa shape index (κ1) is 21.8. The molecule has 0 radical (unpaired) electrons. The summed E-state index contributed by atoms with van der Waals surface area (Å²) < 4.78 is 44.7. The van der Waals surface area contributed by atoms with E-state index in [2.05, 4.69) is 20.0 Å². The van der Waals surface area contributed by atoms with Gasteiger partial charge in [0.2, 0.25) is 5.91 Å². The number of nitrogens with one attached hydrogen (secondary N) is 1. The highest BCUT2D eigenvalue weighted by Crippen LogP contribution is 2.34. The maximum absolute atomic E-state index is 13.0. The molecule has 7 nitrogen and oxygen atoms in total. The molecule has 0 saturated heterocycles. The third-order valence-corrected chi connectivity index (χ3v) is 5.24. The van der Waals surface area contributed by atoms with Crippen LogP contribution in [0.25, 0.3) is 0 Å². The maximum atomic E-state index is 13.0. The van der Waals surface area contributed by atoms with E-state index in [0.29, 0.717) is 12.0 Å². The minimum Gasteiger partial charge on any atom is -0.469 e. The van der Waals surface area contributed by atoms with Crippen molar-refractivity contribution in [3.05, 3.63) is 42.1 Å². The number of carbonyl (C=O) groups is 2. The molecule has 3 rings (SSSR count). The van der Waals surface area contributed by atoms with E-state index in [1.54, 1.807) is 6.07 Å². The van der Waals surface area contributed by atoms with Gasteiger partial charge in [-0.05, 0) is 24.0 Å². The molecule has 1 saturated carbocycles. The zero-order chi connectivity index (χ0) is 21.7. The SMILES string of the molecule is COC(=O)Cc1ccc(NC(=O)C(CC2CCCC2)n2cnc(C(F)(F)F)c2)nc1. The van der Waals surface area contributed by atoms with Crippen LogP contribution in [-0.4, -0.2) is 33.5 Å². The minimum absolute atomic E-state index is 0.0529. The Morgan fingerprint density at radius 3 is 2.57 bits per heavy atom. The fraction of sp³-hybridized carbons (Fsp3) is 0.500. The zero-order valence-electron chi connectivity index (χ0n) is 16.5. The fourth-order valence-electron chi connectivity index (χ4n) is 3.63. The molecule has 162 valence electrons. The molecule has 2 aromatic rings. The predicted molar refractivity (Wildman–Crippen MR) is 101 cm³/mol. The first-order valence-corrected chi connectivity index (χ1v) is 9.69. The van der Waals surface area contributed by atoms with Crippen molar-refractivity contribution in [3.8, 4) is 0 Å². The zero-order valence-corrected chi connectivity index (χ0v) is 16.5. The number of rotatable bonds is 7. The third-order valence-electron chi connectivity index (χ3n) is 5.24. The lowest BCUT2D eigenvalue weighted by atomic mass is 9.97. The van der Waals surface area contributed by atoms with Gasteiger partial charge in [-0.2, -0.15) is 13.2 Å². The molecular formula is C20H23F3N4O3. The molecule has 1 amide bonds. The summed E-state index contributed by atoms with van der Waals surface area (Å²) in [6.45, 7) is 0. The van der Waals surface area contributed by atoms with Crippen molar-refractivity contribution in [3.63, 3.8) is 0 Å². The van der Waals surface area contributed by atoms with Crippen LogP contribution < -0.4 is 5.32 Å². The van der Waals surface area contributed by atoms with Gasteiger partial charge in [-0.1, -0.05) is 31.7 Å². The van der Waals surface area contributed by atoms with Crippen LogP contribution in [0.2, 0.25) is 0 Å². The van der Waals surface area contributed by atoms with Crippen LogP contribution in [0.3, 0.4) is 0 Å². The number of alkyl halides is 3. The topological polar surface area (TPSA) is 86.1 Å². The van der Waals surface area contributed by atoms with Gasteiger partial charge in [0.25, 0.3) is 0 Å². The lowest BCUT2D eigenvalue weighted by Crippen LogP contribution is -2.27. The molecule has 10 heteroatoms. The van der Waals surface area contributed by atoms with Gasteiger partial charge in [0.05, 0.1) is 19.9 Å². The van der Waals surface area contributed by atoms with Crippen LogP contribution in [0.1, 0.15) is 49.4 Å². The second kappa shape index (κ2) is 9.27. The predicted octanol–water partition coefficient (Wildman–Crippen LogP) is 3.77. The van der Waals surface area contributed by atoms with Crippen LogP contribution in [-0.2, 0) is 26.9 Å². The number of pyridine rings is 1.